The molecular formula is C18H21ClN4O5S. The Bertz CT molecular complexity index is 1160. The summed E-state index contributed by atoms with van der Waals surface area (Å²) >= 11 is 6.07. The van der Waals surface area contributed by atoms with Gasteiger partial charge in [-0.3, -0.25) is 14.6 Å². The van der Waals surface area contributed by atoms with Crippen LogP contribution in [0.5, 0.6) is 0 Å². The number of aryl methyl sites for hydroxylation is 2. The lowest BCUT2D eigenvalue weighted by Crippen LogP contribution is -2.44. The molecule has 0 radical (unpaired) electrons. The van der Waals surface area contributed by atoms with Crippen LogP contribution < -0.4 is 16.6 Å². The van der Waals surface area contributed by atoms with Crippen molar-refractivity contribution in [3.8, 4) is 0 Å². The minimum absolute atomic E-state index is 0.0186. The number of carbonyl (C=O) groups excluding carboxylic acids is 1. The second-order valence-electron chi connectivity index (χ2n) is 6.99. The molecule has 2 heterocycles. The van der Waals surface area contributed by atoms with Gasteiger partial charge in [0, 0.05) is 35.4 Å². The van der Waals surface area contributed by atoms with E-state index >= 15 is 0 Å². The van der Waals surface area contributed by atoms with Crippen molar-refractivity contribution in [3.63, 3.8) is 0 Å². The van der Waals surface area contributed by atoms with Crippen molar-refractivity contribution in [2.45, 2.75) is 31.6 Å². The molecule has 1 fully saturated rings. The molecule has 1 aromatic carbocycles. The number of carbonyl (C=O) groups is 1. The number of benzene rings is 1. The van der Waals surface area contributed by atoms with Crippen LogP contribution in [-0.4, -0.2) is 41.7 Å². The van der Waals surface area contributed by atoms with Crippen LogP contribution >= 0.6 is 11.6 Å². The number of aromatic amines is 2. The van der Waals surface area contributed by atoms with E-state index in [0.29, 0.717) is 23.6 Å². The zero-order chi connectivity index (χ0) is 21.3. The van der Waals surface area contributed by atoms with E-state index in [2.05, 4.69) is 10.3 Å². The normalized spacial score (nSPS) is 16.0. The van der Waals surface area contributed by atoms with Crippen LogP contribution in [-0.2, 0) is 14.8 Å². The van der Waals surface area contributed by atoms with Gasteiger partial charge in [-0.2, -0.15) is 4.31 Å². The van der Waals surface area contributed by atoms with Crippen LogP contribution in [0.4, 0.5) is 5.69 Å². The van der Waals surface area contributed by atoms with E-state index < -0.39 is 26.2 Å². The maximum Gasteiger partial charge on any atom is 0.325 e. The molecule has 156 valence electrons. The van der Waals surface area contributed by atoms with E-state index in [9.17, 15) is 22.8 Å². The van der Waals surface area contributed by atoms with Crippen molar-refractivity contribution in [1.29, 1.82) is 0 Å². The van der Waals surface area contributed by atoms with E-state index in [0.717, 1.165) is 9.87 Å². The third kappa shape index (κ3) is 4.44. The van der Waals surface area contributed by atoms with Crippen LogP contribution in [0.25, 0.3) is 0 Å². The summed E-state index contributed by atoms with van der Waals surface area (Å²) in [5.74, 6) is -0.573. The summed E-state index contributed by atoms with van der Waals surface area (Å²) in [6.07, 6.45) is 0.621. The van der Waals surface area contributed by atoms with Gasteiger partial charge in [-0.25, -0.2) is 13.2 Å². The topological polar surface area (TPSA) is 132 Å². The van der Waals surface area contributed by atoms with Gasteiger partial charge in [0.1, 0.15) is 0 Å². The SMILES string of the molecule is Cc1ccc(NC(=O)C2CCN(S(=O)(=O)c3c(C)[nH]c(=O)[nH]c3=O)CC2)cc1Cl. The Labute approximate surface area is 172 Å². The molecule has 0 bridgehead atoms. The first-order valence-electron chi connectivity index (χ1n) is 9.00. The van der Waals surface area contributed by atoms with Crippen molar-refractivity contribution in [3.05, 3.63) is 55.3 Å². The summed E-state index contributed by atoms with van der Waals surface area (Å²) in [7, 11) is -4.09. The highest BCUT2D eigenvalue weighted by Gasteiger charge is 2.34. The number of nitrogens with one attached hydrogen (secondary N) is 3. The lowest BCUT2D eigenvalue weighted by Gasteiger charge is -2.30. The molecule has 11 heteroatoms. The molecule has 0 aliphatic carbocycles. The maximum atomic E-state index is 12.8. The summed E-state index contributed by atoms with van der Waals surface area (Å²) in [6, 6.07) is 5.22. The molecule has 1 aliphatic rings. The lowest BCUT2D eigenvalue weighted by atomic mass is 9.97. The van der Waals surface area contributed by atoms with Crippen molar-refractivity contribution in [1.82, 2.24) is 14.3 Å². The molecule has 1 aromatic heterocycles. The van der Waals surface area contributed by atoms with Crippen molar-refractivity contribution >= 4 is 33.2 Å². The number of anilines is 1. The standard InChI is InChI=1S/C18H21ClN4O5S/c1-10-3-4-13(9-14(10)19)21-16(24)12-5-7-23(8-6-12)29(27,28)15-11(2)20-18(26)22-17(15)25/h3-4,9,12H,5-8H2,1-2H3,(H,21,24)(H2,20,22,25,26). The second kappa shape index (κ2) is 8.13. The average Bonchev–Trinajstić information content (AvgIpc) is 2.63. The summed E-state index contributed by atoms with van der Waals surface area (Å²) in [4.78, 5) is 39.6. The molecule has 3 N–H and O–H groups in total. The first-order valence-corrected chi connectivity index (χ1v) is 10.8. The highest BCUT2D eigenvalue weighted by Crippen LogP contribution is 2.25. The highest BCUT2D eigenvalue weighted by molar-refractivity contribution is 7.89. The molecule has 29 heavy (non-hydrogen) atoms. The van der Waals surface area contributed by atoms with Gasteiger partial charge in [0.05, 0.1) is 0 Å². The van der Waals surface area contributed by atoms with E-state index in [1.807, 2.05) is 11.9 Å². The minimum Gasteiger partial charge on any atom is -0.326 e. The van der Waals surface area contributed by atoms with Gasteiger partial charge < -0.3 is 10.3 Å². The molecule has 0 atom stereocenters. The molecule has 0 spiro atoms. The molecule has 1 amide bonds. The third-order valence-electron chi connectivity index (χ3n) is 4.94. The van der Waals surface area contributed by atoms with Gasteiger partial charge in [-0.1, -0.05) is 17.7 Å². The van der Waals surface area contributed by atoms with E-state index in [1.54, 1.807) is 18.2 Å². The Balaban J connectivity index is 1.70. The lowest BCUT2D eigenvalue weighted by molar-refractivity contribution is -0.120. The minimum atomic E-state index is -4.09. The first kappa shape index (κ1) is 21.3. The fourth-order valence-corrected chi connectivity index (χ4v) is 5.16. The van der Waals surface area contributed by atoms with Gasteiger partial charge in [0.25, 0.3) is 5.56 Å². The highest BCUT2D eigenvalue weighted by atomic mass is 35.5. The molecule has 1 aliphatic heterocycles. The zero-order valence-electron chi connectivity index (χ0n) is 15.9. The second-order valence-corrected chi connectivity index (χ2v) is 9.28. The van der Waals surface area contributed by atoms with Crippen molar-refractivity contribution in [2.24, 2.45) is 5.92 Å². The molecule has 0 saturated carbocycles. The van der Waals surface area contributed by atoms with Gasteiger partial charge in [0.15, 0.2) is 4.90 Å². The summed E-state index contributed by atoms with van der Waals surface area (Å²) in [5.41, 5.74) is -0.262. The quantitative estimate of drug-likeness (QED) is 0.660. The Kier molecular flexibility index (Phi) is 5.97. The molecular weight excluding hydrogens is 420 g/mol. The monoisotopic (exact) mass is 440 g/mol. The van der Waals surface area contributed by atoms with Crippen LogP contribution in [0, 0.1) is 19.8 Å². The molecule has 3 rings (SSSR count). The number of aromatic nitrogens is 2. The molecule has 9 nitrogen and oxygen atoms in total. The Hall–Kier alpha value is -2.43. The van der Waals surface area contributed by atoms with Gasteiger partial charge in [-0.05, 0) is 44.4 Å². The number of rotatable bonds is 4. The number of sulfonamides is 1. The van der Waals surface area contributed by atoms with E-state index in [4.69, 9.17) is 11.6 Å². The summed E-state index contributed by atoms with van der Waals surface area (Å²) < 4.78 is 26.9. The number of piperidine rings is 1. The predicted octanol–water partition coefficient (Wildman–Crippen LogP) is 1.37. The van der Waals surface area contributed by atoms with Gasteiger partial charge in [-0.15, -0.1) is 0 Å². The maximum absolute atomic E-state index is 12.8. The summed E-state index contributed by atoms with van der Waals surface area (Å²) in [6.45, 7) is 3.40. The molecule has 2 aromatic rings. The fourth-order valence-electron chi connectivity index (χ4n) is 3.30. The number of amides is 1. The Morgan fingerprint density at radius 2 is 1.83 bits per heavy atom. The predicted molar refractivity (Wildman–Crippen MR) is 109 cm³/mol. The zero-order valence-corrected chi connectivity index (χ0v) is 17.5. The van der Waals surface area contributed by atoms with Crippen LogP contribution in [0.2, 0.25) is 5.02 Å². The van der Waals surface area contributed by atoms with Gasteiger partial charge >= 0.3 is 5.69 Å². The number of halogens is 1. The van der Waals surface area contributed by atoms with Crippen molar-refractivity contribution < 1.29 is 13.2 Å². The number of hydrogen-bond acceptors (Lipinski definition) is 5. The fraction of sp³-hybridized carbons (Fsp3) is 0.389. The van der Waals surface area contributed by atoms with Crippen LogP contribution in [0.1, 0.15) is 24.1 Å². The number of hydrogen-bond donors (Lipinski definition) is 3. The third-order valence-corrected chi connectivity index (χ3v) is 7.40. The first-order chi connectivity index (χ1) is 13.6. The molecule has 1 saturated heterocycles. The smallest absolute Gasteiger partial charge is 0.325 e. The number of H-pyrrole nitrogens is 2. The van der Waals surface area contributed by atoms with Crippen LogP contribution in [0.3, 0.4) is 0 Å². The Morgan fingerprint density at radius 3 is 2.41 bits per heavy atom. The van der Waals surface area contributed by atoms with Crippen LogP contribution in [0.15, 0.2) is 32.7 Å². The van der Waals surface area contributed by atoms with E-state index in [1.165, 1.54) is 6.92 Å². The number of nitrogens with zero attached hydrogens (tertiary/aromatic N) is 1. The largest absolute Gasteiger partial charge is 0.326 e. The average molecular weight is 441 g/mol. The Morgan fingerprint density at radius 1 is 1.17 bits per heavy atom. The van der Waals surface area contributed by atoms with Crippen molar-refractivity contribution in [2.75, 3.05) is 18.4 Å². The summed E-state index contributed by atoms with van der Waals surface area (Å²) in [5, 5.41) is 3.35. The van der Waals surface area contributed by atoms with E-state index in [-0.39, 0.29) is 30.6 Å². The molecule has 0 unspecified atom stereocenters. The van der Waals surface area contributed by atoms with Gasteiger partial charge in [0.2, 0.25) is 15.9 Å².